The fraction of sp³-hybridized carbons (Fsp3) is 0. The first-order valence-electron chi connectivity index (χ1n) is 4.30. The summed E-state index contributed by atoms with van der Waals surface area (Å²) in [5, 5.41) is 7.96. The van der Waals surface area contributed by atoms with Gasteiger partial charge in [-0.15, -0.1) is 0 Å². The van der Waals surface area contributed by atoms with Crippen molar-refractivity contribution in [3.05, 3.63) is 61.2 Å². The summed E-state index contributed by atoms with van der Waals surface area (Å²) in [5.74, 6) is 0. The standard InChI is InChI=1S/C10H10N4/c1-3-7-13(8-4-1)11-12-14-9-5-2-6-10-14/h1-10H/q+2/b12-11+. The molecule has 0 aliphatic heterocycles. The summed E-state index contributed by atoms with van der Waals surface area (Å²) >= 11 is 0. The molecule has 2 rings (SSSR count). The van der Waals surface area contributed by atoms with Crippen LogP contribution in [0.2, 0.25) is 0 Å². The van der Waals surface area contributed by atoms with Crippen molar-refractivity contribution in [2.24, 2.45) is 10.4 Å². The number of pyridine rings is 2. The highest BCUT2D eigenvalue weighted by molar-refractivity contribution is 4.84. The molecule has 0 spiro atoms. The Kier molecular flexibility index (Phi) is 2.56. The molecule has 2 aromatic heterocycles. The zero-order chi connectivity index (χ0) is 9.64. The zero-order valence-electron chi connectivity index (χ0n) is 7.56. The van der Waals surface area contributed by atoms with Crippen LogP contribution in [0.3, 0.4) is 0 Å². The Bertz CT molecular complexity index is 369. The minimum absolute atomic E-state index is 1.64. The molecule has 14 heavy (non-hydrogen) atoms. The van der Waals surface area contributed by atoms with Gasteiger partial charge in [0, 0.05) is 0 Å². The fourth-order valence-electron chi connectivity index (χ4n) is 0.991. The van der Waals surface area contributed by atoms with Crippen LogP contribution < -0.4 is 9.35 Å². The highest BCUT2D eigenvalue weighted by Gasteiger charge is 2.03. The molecule has 0 aliphatic rings. The molecule has 4 nitrogen and oxygen atoms in total. The average molecular weight is 186 g/mol. The van der Waals surface area contributed by atoms with E-state index in [0.717, 1.165) is 0 Å². The summed E-state index contributed by atoms with van der Waals surface area (Å²) in [5.41, 5.74) is 0. The lowest BCUT2D eigenvalue weighted by molar-refractivity contribution is -0.745. The Labute approximate surface area is 81.7 Å². The van der Waals surface area contributed by atoms with E-state index in [9.17, 15) is 0 Å². The number of aromatic nitrogens is 2. The predicted octanol–water partition coefficient (Wildman–Crippen LogP) is 0.940. The fourth-order valence-corrected chi connectivity index (χ4v) is 0.991. The van der Waals surface area contributed by atoms with Crippen LogP contribution in [-0.4, -0.2) is 0 Å². The van der Waals surface area contributed by atoms with Crippen molar-refractivity contribution >= 4 is 0 Å². The first-order valence-corrected chi connectivity index (χ1v) is 4.30. The van der Waals surface area contributed by atoms with Gasteiger partial charge in [0.25, 0.3) is 0 Å². The molecule has 0 saturated heterocycles. The van der Waals surface area contributed by atoms with Gasteiger partial charge in [0.15, 0.2) is 0 Å². The number of hydrogen-bond acceptors (Lipinski definition) is 2. The third-order valence-electron chi connectivity index (χ3n) is 1.65. The molecule has 2 heterocycles. The molecule has 0 aromatic carbocycles. The Morgan fingerprint density at radius 2 is 0.857 bits per heavy atom. The zero-order valence-corrected chi connectivity index (χ0v) is 7.56. The summed E-state index contributed by atoms with van der Waals surface area (Å²) in [7, 11) is 0. The molecule has 0 aliphatic carbocycles. The van der Waals surface area contributed by atoms with Gasteiger partial charge in [-0.05, 0) is 33.6 Å². The highest BCUT2D eigenvalue weighted by atomic mass is 15.6. The Hall–Kier alpha value is -2.10. The largest absolute Gasteiger partial charge is 0.392 e. The molecule has 0 atom stereocenters. The smallest absolute Gasteiger partial charge is 0.0548 e. The molecular weight excluding hydrogens is 176 g/mol. The van der Waals surface area contributed by atoms with Crippen LogP contribution in [0.25, 0.3) is 0 Å². The van der Waals surface area contributed by atoms with Crippen LogP contribution in [0.4, 0.5) is 0 Å². The molecule has 68 valence electrons. The van der Waals surface area contributed by atoms with Gasteiger partial charge >= 0.3 is 10.4 Å². The van der Waals surface area contributed by atoms with E-state index in [0.29, 0.717) is 0 Å². The van der Waals surface area contributed by atoms with Crippen LogP contribution in [0.5, 0.6) is 0 Å². The Morgan fingerprint density at radius 3 is 1.21 bits per heavy atom. The van der Waals surface area contributed by atoms with Crippen LogP contribution in [-0.2, 0) is 0 Å². The molecule has 4 heteroatoms. The monoisotopic (exact) mass is 186 g/mol. The maximum atomic E-state index is 3.98. The molecule has 0 bridgehead atoms. The maximum Gasteiger partial charge on any atom is 0.392 e. The quantitative estimate of drug-likeness (QED) is 0.494. The van der Waals surface area contributed by atoms with Gasteiger partial charge in [0.2, 0.25) is 0 Å². The Balaban J connectivity index is 2.16. The third kappa shape index (κ3) is 2.20. The SMILES string of the molecule is c1cc[n+](/N=N/[n+]2ccccc2)cc1. The molecule has 2 aromatic rings. The number of rotatable bonds is 2. The second-order valence-corrected chi connectivity index (χ2v) is 2.69. The van der Waals surface area contributed by atoms with Crippen LogP contribution in [0, 0.1) is 0 Å². The first kappa shape index (κ1) is 8.50. The lowest BCUT2D eigenvalue weighted by atomic mass is 10.5. The van der Waals surface area contributed by atoms with Gasteiger partial charge in [-0.1, -0.05) is 12.1 Å². The van der Waals surface area contributed by atoms with Crippen molar-refractivity contribution < 1.29 is 9.35 Å². The molecule has 0 N–H and O–H groups in total. The van der Waals surface area contributed by atoms with Gasteiger partial charge in [-0.3, -0.25) is 0 Å². The minimum atomic E-state index is 1.64. The highest BCUT2D eigenvalue weighted by Crippen LogP contribution is 1.78. The number of nitrogens with zero attached hydrogens (tertiary/aromatic N) is 4. The second kappa shape index (κ2) is 4.23. The second-order valence-electron chi connectivity index (χ2n) is 2.69. The van der Waals surface area contributed by atoms with E-state index < -0.39 is 0 Å². The molecular formula is C10H10N4+2. The van der Waals surface area contributed by atoms with E-state index in [2.05, 4.69) is 10.4 Å². The molecule has 0 fully saturated rings. The van der Waals surface area contributed by atoms with Gasteiger partial charge in [0.05, 0.1) is 0 Å². The maximum absolute atomic E-state index is 3.98. The topological polar surface area (TPSA) is 32.5 Å². The molecule has 0 saturated carbocycles. The van der Waals surface area contributed by atoms with Crippen LogP contribution in [0.1, 0.15) is 0 Å². The Morgan fingerprint density at radius 1 is 0.500 bits per heavy atom. The summed E-state index contributed by atoms with van der Waals surface area (Å²) in [6.45, 7) is 0. The van der Waals surface area contributed by atoms with Crippen LogP contribution >= 0.6 is 0 Å². The third-order valence-corrected chi connectivity index (χ3v) is 1.65. The number of hydrogen-bond donors (Lipinski definition) is 0. The summed E-state index contributed by atoms with van der Waals surface area (Å²) in [6, 6.07) is 11.5. The van der Waals surface area contributed by atoms with E-state index in [-0.39, 0.29) is 0 Å². The van der Waals surface area contributed by atoms with E-state index in [4.69, 9.17) is 0 Å². The normalized spacial score (nSPS) is 10.6. The first-order chi connectivity index (χ1) is 6.95. The van der Waals surface area contributed by atoms with E-state index in [1.54, 1.807) is 9.35 Å². The van der Waals surface area contributed by atoms with Gasteiger partial charge in [0.1, 0.15) is 24.8 Å². The van der Waals surface area contributed by atoms with Gasteiger partial charge < -0.3 is 0 Å². The van der Waals surface area contributed by atoms with Crippen molar-refractivity contribution in [3.63, 3.8) is 0 Å². The summed E-state index contributed by atoms with van der Waals surface area (Å²) in [6.07, 6.45) is 7.31. The van der Waals surface area contributed by atoms with Crippen molar-refractivity contribution in [1.82, 2.24) is 0 Å². The van der Waals surface area contributed by atoms with Crippen molar-refractivity contribution in [3.8, 4) is 0 Å². The van der Waals surface area contributed by atoms with Gasteiger partial charge in [-0.2, -0.15) is 0 Å². The van der Waals surface area contributed by atoms with Crippen molar-refractivity contribution in [2.75, 3.05) is 0 Å². The predicted molar refractivity (Wildman–Crippen MR) is 48.9 cm³/mol. The van der Waals surface area contributed by atoms with Crippen molar-refractivity contribution in [2.45, 2.75) is 0 Å². The van der Waals surface area contributed by atoms with Crippen molar-refractivity contribution in [1.29, 1.82) is 0 Å². The van der Waals surface area contributed by atoms with E-state index in [1.807, 2.05) is 61.2 Å². The molecule has 0 amide bonds. The lowest BCUT2D eigenvalue weighted by Crippen LogP contribution is -2.31. The lowest BCUT2D eigenvalue weighted by Gasteiger charge is -1.77. The average Bonchev–Trinajstić information content (AvgIpc) is 2.29. The van der Waals surface area contributed by atoms with Gasteiger partial charge in [-0.25, -0.2) is 0 Å². The molecule has 0 radical (unpaired) electrons. The molecule has 0 unspecified atom stereocenters. The summed E-state index contributed by atoms with van der Waals surface area (Å²) in [4.78, 5) is 0. The van der Waals surface area contributed by atoms with E-state index in [1.165, 1.54) is 0 Å². The summed E-state index contributed by atoms with van der Waals surface area (Å²) < 4.78 is 3.28. The minimum Gasteiger partial charge on any atom is -0.0548 e. The van der Waals surface area contributed by atoms with E-state index >= 15 is 0 Å². The van der Waals surface area contributed by atoms with Crippen LogP contribution in [0.15, 0.2) is 71.6 Å².